The highest BCUT2D eigenvalue weighted by atomic mass is 79.9. The molecule has 1 N–H and O–H groups in total. The van der Waals surface area contributed by atoms with Gasteiger partial charge in [0.05, 0.1) is 5.92 Å². The number of rotatable bonds is 5. The second-order valence-corrected chi connectivity index (χ2v) is 8.13. The van der Waals surface area contributed by atoms with Crippen LogP contribution in [-0.4, -0.2) is 48.6 Å². The summed E-state index contributed by atoms with van der Waals surface area (Å²) in [5, 5.41) is 2.94. The molecule has 0 spiro atoms. The molecule has 1 fully saturated rings. The zero-order valence-corrected chi connectivity index (χ0v) is 17.3. The number of halogens is 1. The number of likely N-dealkylation sites (tertiary alicyclic amines) is 1. The minimum atomic E-state index is -0.000497. The molecule has 3 heterocycles. The Labute approximate surface area is 173 Å². The van der Waals surface area contributed by atoms with Crippen LogP contribution in [-0.2, 0) is 11.2 Å². The zero-order valence-electron chi connectivity index (χ0n) is 15.7. The number of aromatic nitrogens is 1. The zero-order chi connectivity index (χ0) is 19.3. The van der Waals surface area contributed by atoms with Crippen LogP contribution in [0.15, 0.2) is 41.0 Å². The molecule has 2 aromatic rings. The van der Waals surface area contributed by atoms with Crippen LogP contribution in [0.3, 0.4) is 0 Å². The van der Waals surface area contributed by atoms with Gasteiger partial charge in [-0.3, -0.25) is 4.79 Å². The van der Waals surface area contributed by atoms with Crippen LogP contribution in [0.5, 0.6) is 11.5 Å². The lowest BCUT2D eigenvalue weighted by atomic mass is 9.96. The summed E-state index contributed by atoms with van der Waals surface area (Å²) < 4.78 is 12.1. The second kappa shape index (κ2) is 8.92. The van der Waals surface area contributed by atoms with Crippen molar-refractivity contribution < 1.29 is 14.3 Å². The van der Waals surface area contributed by atoms with Crippen LogP contribution in [0.1, 0.15) is 18.4 Å². The van der Waals surface area contributed by atoms with Crippen LogP contribution < -0.4 is 14.8 Å². The fourth-order valence-electron chi connectivity index (χ4n) is 3.68. The molecule has 1 aromatic carbocycles. The van der Waals surface area contributed by atoms with Crippen molar-refractivity contribution in [3.05, 3.63) is 46.6 Å². The largest absolute Gasteiger partial charge is 0.486 e. The summed E-state index contributed by atoms with van der Waals surface area (Å²) in [6.45, 7) is 3.96. The van der Waals surface area contributed by atoms with E-state index in [4.69, 9.17) is 9.47 Å². The first-order valence-electron chi connectivity index (χ1n) is 9.71. The van der Waals surface area contributed by atoms with Gasteiger partial charge in [-0.15, -0.1) is 0 Å². The molecule has 0 radical (unpaired) electrons. The average molecular weight is 446 g/mol. The minimum absolute atomic E-state index is 0.000497. The van der Waals surface area contributed by atoms with Crippen molar-refractivity contribution in [1.82, 2.24) is 9.88 Å². The first kappa shape index (κ1) is 19.2. The first-order chi connectivity index (χ1) is 13.7. The SMILES string of the molecule is O=C(Nc1ccc(Br)cn1)[C@@H]1CCCN(CCc2ccc3c(c2)OCCO3)C1. The Bertz CT molecular complexity index is 828. The fourth-order valence-corrected chi connectivity index (χ4v) is 3.92. The van der Waals surface area contributed by atoms with E-state index in [0.717, 1.165) is 54.9 Å². The number of hydrogen-bond acceptors (Lipinski definition) is 5. The van der Waals surface area contributed by atoms with Gasteiger partial charge < -0.3 is 19.7 Å². The van der Waals surface area contributed by atoms with Gasteiger partial charge in [0, 0.05) is 23.8 Å². The summed E-state index contributed by atoms with van der Waals surface area (Å²) in [4.78, 5) is 19.2. The molecule has 0 unspecified atom stereocenters. The predicted octanol–water partition coefficient (Wildman–Crippen LogP) is 3.51. The van der Waals surface area contributed by atoms with Crippen LogP contribution >= 0.6 is 15.9 Å². The summed E-state index contributed by atoms with van der Waals surface area (Å²) in [6, 6.07) is 9.85. The lowest BCUT2D eigenvalue weighted by molar-refractivity contribution is -0.121. The van der Waals surface area contributed by atoms with E-state index in [1.807, 2.05) is 18.2 Å². The third-order valence-corrected chi connectivity index (χ3v) is 5.65. The summed E-state index contributed by atoms with van der Waals surface area (Å²) in [6.07, 6.45) is 4.57. The highest BCUT2D eigenvalue weighted by Gasteiger charge is 2.26. The monoisotopic (exact) mass is 445 g/mol. The predicted molar refractivity (Wildman–Crippen MR) is 111 cm³/mol. The third-order valence-electron chi connectivity index (χ3n) is 5.18. The van der Waals surface area contributed by atoms with Gasteiger partial charge in [-0.25, -0.2) is 4.98 Å². The standard InChI is InChI=1S/C21H24BrN3O3/c22-17-4-6-20(23-13-17)24-21(26)16-2-1-8-25(14-16)9-7-15-3-5-18-19(12-15)28-11-10-27-18/h3-6,12-13,16H,1-2,7-11,14H2,(H,23,24,26)/t16-/m1/s1. The normalized spacial score (nSPS) is 19.2. The summed E-state index contributed by atoms with van der Waals surface area (Å²) in [5.74, 6) is 2.31. The number of carbonyl (C=O) groups excluding carboxylic acids is 1. The quantitative estimate of drug-likeness (QED) is 0.762. The number of pyridine rings is 1. The van der Waals surface area contributed by atoms with E-state index in [1.165, 1.54) is 5.56 Å². The number of ether oxygens (including phenoxy) is 2. The molecule has 0 saturated carbocycles. The van der Waals surface area contributed by atoms with Gasteiger partial charge in [-0.05, 0) is 71.6 Å². The minimum Gasteiger partial charge on any atom is -0.486 e. The van der Waals surface area contributed by atoms with Crippen molar-refractivity contribution in [2.45, 2.75) is 19.3 Å². The Morgan fingerprint density at radius 2 is 2.07 bits per heavy atom. The number of hydrogen-bond donors (Lipinski definition) is 1. The molecule has 6 nitrogen and oxygen atoms in total. The highest BCUT2D eigenvalue weighted by molar-refractivity contribution is 9.10. The summed E-state index contributed by atoms with van der Waals surface area (Å²) in [5.41, 5.74) is 1.23. The molecular weight excluding hydrogens is 422 g/mol. The van der Waals surface area contributed by atoms with Crippen molar-refractivity contribution in [2.24, 2.45) is 5.92 Å². The van der Waals surface area contributed by atoms with Crippen molar-refractivity contribution >= 4 is 27.7 Å². The van der Waals surface area contributed by atoms with Gasteiger partial charge in [0.25, 0.3) is 0 Å². The van der Waals surface area contributed by atoms with Crippen LogP contribution in [0.2, 0.25) is 0 Å². The van der Waals surface area contributed by atoms with Crippen molar-refractivity contribution in [2.75, 3.05) is 38.2 Å². The molecule has 0 aliphatic carbocycles. The molecule has 1 atom stereocenters. The number of amides is 1. The lowest BCUT2D eigenvalue weighted by Crippen LogP contribution is -2.41. The van der Waals surface area contributed by atoms with Crippen LogP contribution in [0.25, 0.3) is 0 Å². The number of fused-ring (bicyclic) bond motifs is 1. The van der Waals surface area contributed by atoms with E-state index < -0.39 is 0 Å². The number of benzene rings is 1. The number of piperidine rings is 1. The van der Waals surface area contributed by atoms with E-state index in [-0.39, 0.29) is 11.8 Å². The molecule has 28 heavy (non-hydrogen) atoms. The number of nitrogens with zero attached hydrogens (tertiary/aromatic N) is 2. The topological polar surface area (TPSA) is 63.7 Å². The van der Waals surface area contributed by atoms with Gasteiger partial charge >= 0.3 is 0 Å². The molecule has 0 bridgehead atoms. The van der Waals surface area contributed by atoms with E-state index in [9.17, 15) is 4.79 Å². The Balaban J connectivity index is 1.30. The van der Waals surface area contributed by atoms with E-state index in [0.29, 0.717) is 19.0 Å². The van der Waals surface area contributed by atoms with Crippen molar-refractivity contribution in [1.29, 1.82) is 0 Å². The number of carbonyl (C=O) groups is 1. The van der Waals surface area contributed by atoms with Crippen molar-refractivity contribution in [3.63, 3.8) is 0 Å². The molecular formula is C21H24BrN3O3. The fraction of sp³-hybridized carbons (Fsp3) is 0.429. The summed E-state index contributed by atoms with van der Waals surface area (Å²) in [7, 11) is 0. The van der Waals surface area contributed by atoms with Gasteiger partial charge in [-0.1, -0.05) is 6.07 Å². The van der Waals surface area contributed by atoms with Crippen molar-refractivity contribution in [3.8, 4) is 11.5 Å². The van der Waals surface area contributed by atoms with Crippen LogP contribution in [0.4, 0.5) is 5.82 Å². The number of anilines is 1. The van der Waals surface area contributed by atoms with Gasteiger partial charge in [0.1, 0.15) is 19.0 Å². The van der Waals surface area contributed by atoms with Crippen LogP contribution in [0, 0.1) is 5.92 Å². The molecule has 2 aliphatic heterocycles. The third kappa shape index (κ3) is 4.83. The maximum absolute atomic E-state index is 12.6. The summed E-state index contributed by atoms with van der Waals surface area (Å²) >= 11 is 3.36. The Hall–Kier alpha value is -2.12. The van der Waals surface area contributed by atoms with E-state index in [2.05, 4.69) is 43.3 Å². The molecule has 2 aliphatic rings. The first-order valence-corrected chi connectivity index (χ1v) is 10.5. The van der Waals surface area contributed by atoms with Gasteiger partial charge in [0.15, 0.2) is 11.5 Å². The molecule has 4 rings (SSSR count). The molecule has 1 aromatic heterocycles. The smallest absolute Gasteiger partial charge is 0.229 e. The molecule has 7 heteroatoms. The lowest BCUT2D eigenvalue weighted by Gasteiger charge is -2.32. The molecule has 1 amide bonds. The van der Waals surface area contributed by atoms with Gasteiger partial charge in [-0.2, -0.15) is 0 Å². The van der Waals surface area contributed by atoms with E-state index in [1.54, 1.807) is 6.20 Å². The highest BCUT2D eigenvalue weighted by Crippen LogP contribution is 2.31. The maximum atomic E-state index is 12.6. The Kier molecular flexibility index (Phi) is 6.12. The second-order valence-electron chi connectivity index (χ2n) is 7.22. The van der Waals surface area contributed by atoms with E-state index >= 15 is 0 Å². The molecule has 1 saturated heterocycles. The van der Waals surface area contributed by atoms with Gasteiger partial charge in [0.2, 0.25) is 5.91 Å². The Morgan fingerprint density at radius 3 is 2.89 bits per heavy atom. The average Bonchev–Trinajstić information content (AvgIpc) is 2.74. The Morgan fingerprint density at radius 1 is 1.21 bits per heavy atom. The number of nitrogens with one attached hydrogen (secondary N) is 1. The maximum Gasteiger partial charge on any atom is 0.229 e. The molecule has 148 valence electrons.